The maximum Gasteiger partial charge on any atom is 0.510 e. The van der Waals surface area contributed by atoms with Gasteiger partial charge in [-0.2, -0.15) is 0 Å². The van der Waals surface area contributed by atoms with Crippen LogP contribution in [-0.4, -0.2) is 49.3 Å². The molecule has 0 spiro atoms. The van der Waals surface area contributed by atoms with E-state index in [1.54, 1.807) is 0 Å². The van der Waals surface area contributed by atoms with Gasteiger partial charge in [-0.15, -0.1) is 0 Å². The molecule has 0 aliphatic heterocycles. The summed E-state index contributed by atoms with van der Waals surface area (Å²) in [4.78, 5) is 1.41. The van der Waals surface area contributed by atoms with Crippen LogP contribution < -0.4 is 17.3 Å². The van der Waals surface area contributed by atoms with E-state index in [0.717, 1.165) is 13.0 Å². The summed E-state index contributed by atoms with van der Waals surface area (Å²) in [6, 6.07) is 0. The van der Waals surface area contributed by atoms with Gasteiger partial charge in [-0.25, -0.2) is 0 Å². The molecule has 0 aliphatic carbocycles. The first-order valence-electron chi connectivity index (χ1n) is 6.77. The lowest BCUT2D eigenvalue weighted by molar-refractivity contribution is -0.858. The minimum atomic E-state index is -2.51. The van der Waals surface area contributed by atoms with E-state index in [-0.39, 0.29) is 12.4 Å². The number of hydrogen-bond acceptors (Lipinski definition) is 3. The largest absolute Gasteiger partial charge is 1.00 e. The van der Waals surface area contributed by atoms with Crippen molar-refractivity contribution in [1.82, 2.24) is 0 Å². The van der Waals surface area contributed by atoms with Gasteiger partial charge in [0.2, 0.25) is 0 Å². The van der Waals surface area contributed by atoms with E-state index in [2.05, 4.69) is 21.0 Å². The van der Waals surface area contributed by atoms with Crippen molar-refractivity contribution in [2.24, 2.45) is 0 Å². The van der Waals surface area contributed by atoms with Crippen LogP contribution in [0.25, 0.3) is 0 Å². The van der Waals surface area contributed by atoms with E-state index >= 15 is 0 Å². The molecule has 112 valence electrons. The summed E-state index contributed by atoms with van der Waals surface area (Å²) in [5.74, 6) is 0. The Morgan fingerprint density at radius 2 is 1.28 bits per heavy atom. The van der Waals surface area contributed by atoms with Gasteiger partial charge in [-0.3, -0.25) is 0 Å². The molecule has 0 rings (SSSR count). The van der Waals surface area contributed by atoms with Gasteiger partial charge in [0, 0.05) is 19.8 Å². The molecule has 0 aromatic rings. The van der Waals surface area contributed by atoms with Gasteiger partial charge in [0.05, 0.1) is 26.2 Å². The lowest BCUT2D eigenvalue weighted by atomic mass is 10.3. The zero-order valence-electron chi connectivity index (χ0n) is 12.7. The summed E-state index contributed by atoms with van der Waals surface area (Å²) in [5, 5.41) is 0. The highest BCUT2D eigenvalue weighted by Crippen LogP contribution is 2.27. The summed E-state index contributed by atoms with van der Waals surface area (Å²) >= 11 is 0. The summed E-state index contributed by atoms with van der Waals surface area (Å²) in [5.41, 5.74) is 0.382. The highest BCUT2D eigenvalue weighted by atomic mass is 35.5. The zero-order chi connectivity index (χ0) is 13.3. The van der Waals surface area contributed by atoms with Gasteiger partial charge in [-0.1, -0.05) is 6.92 Å². The predicted octanol–water partition coefficient (Wildman–Crippen LogP) is -2.04. The Bertz CT molecular complexity index is 179. The molecule has 0 amide bonds. The molecule has 0 aromatic carbocycles. The van der Waals surface area contributed by atoms with Crippen molar-refractivity contribution < 1.29 is 30.6 Å². The second kappa shape index (κ2) is 11.2. The SMILES string of the molecule is CCO[Si](OCC)(OCC)C(CC)C[NH+](C)C.[Cl-]. The quantitative estimate of drug-likeness (QED) is 0.472. The van der Waals surface area contributed by atoms with Crippen molar-refractivity contribution in [2.45, 2.75) is 39.7 Å². The predicted molar refractivity (Wildman–Crippen MR) is 72.4 cm³/mol. The van der Waals surface area contributed by atoms with Crippen LogP contribution in [-0.2, 0) is 13.3 Å². The van der Waals surface area contributed by atoms with Crippen LogP contribution in [0.1, 0.15) is 34.1 Å². The molecule has 1 N–H and O–H groups in total. The Morgan fingerprint density at radius 3 is 1.50 bits per heavy atom. The highest BCUT2D eigenvalue weighted by molar-refractivity contribution is 6.62. The molecule has 0 saturated heterocycles. The first kappa shape index (κ1) is 20.7. The summed E-state index contributed by atoms with van der Waals surface area (Å²) in [6.07, 6.45) is 1.04. The maximum absolute atomic E-state index is 5.95. The topological polar surface area (TPSA) is 32.1 Å². The standard InChI is InChI=1S/C12H29NO3Si.ClH/c1-7-12(11-13(5)6)17(14-8-2,15-9-3)16-10-4;/h12H,7-11H2,1-6H3;1H. The first-order valence-corrected chi connectivity index (χ1v) is 8.57. The van der Waals surface area contributed by atoms with Gasteiger partial charge in [0.15, 0.2) is 0 Å². The number of halogens is 1. The molecule has 0 aliphatic rings. The number of quaternary nitrogens is 1. The van der Waals surface area contributed by atoms with E-state index in [1.165, 1.54) is 4.90 Å². The van der Waals surface area contributed by atoms with E-state index in [0.29, 0.717) is 25.4 Å². The van der Waals surface area contributed by atoms with Crippen LogP contribution in [0.2, 0.25) is 5.54 Å². The van der Waals surface area contributed by atoms with Crippen LogP contribution in [0, 0.1) is 0 Å². The highest BCUT2D eigenvalue weighted by Gasteiger charge is 2.49. The lowest BCUT2D eigenvalue weighted by Gasteiger charge is -2.34. The second-order valence-corrected chi connectivity index (χ2v) is 7.31. The Hall–Kier alpha value is 0.347. The van der Waals surface area contributed by atoms with Crippen molar-refractivity contribution in [3.63, 3.8) is 0 Å². The molecule has 0 fully saturated rings. The van der Waals surface area contributed by atoms with Crippen LogP contribution in [0.3, 0.4) is 0 Å². The van der Waals surface area contributed by atoms with Gasteiger partial charge in [0.1, 0.15) is 0 Å². The van der Waals surface area contributed by atoms with Gasteiger partial charge < -0.3 is 30.6 Å². The molecule has 18 heavy (non-hydrogen) atoms. The van der Waals surface area contributed by atoms with Crippen molar-refractivity contribution in [3.05, 3.63) is 0 Å². The Labute approximate surface area is 120 Å². The summed E-state index contributed by atoms with van der Waals surface area (Å²) in [6.45, 7) is 11.2. The molecule has 0 radical (unpaired) electrons. The van der Waals surface area contributed by atoms with E-state index in [9.17, 15) is 0 Å². The Morgan fingerprint density at radius 1 is 0.889 bits per heavy atom. The molecule has 4 nitrogen and oxygen atoms in total. The third-order valence-electron chi connectivity index (χ3n) is 2.68. The Balaban J connectivity index is 0. The molecule has 1 atom stereocenters. The molecule has 0 saturated carbocycles. The molecule has 1 unspecified atom stereocenters. The van der Waals surface area contributed by atoms with E-state index in [4.69, 9.17) is 13.3 Å². The molecular weight excluding hydrogens is 270 g/mol. The average molecular weight is 300 g/mol. The fourth-order valence-electron chi connectivity index (χ4n) is 2.09. The van der Waals surface area contributed by atoms with Gasteiger partial charge >= 0.3 is 8.80 Å². The molecule has 0 heterocycles. The number of rotatable bonds is 10. The maximum atomic E-state index is 5.95. The zero-order valence-corrected chi connectivity index (χ0v) is 14.5. The van der Waals surface area contributed by atoms with E-state index in [1.807, 2.05) is 20.8 Å². The third kappa shape index (κ3) is 6.50. The lowest BCUT2D eigenvalue weighted by Crippen LogP contribution is -3.06. The normalized spacial score (nSPS) is 13.5. The minimum absolute atomic E-state index is 0. The fraction of sp³-hybridized carbons (Fsp3) is 1.00. The van der Waals surface area contributed by atoms with Crippen molar-refractivity contribution in [1.29, 1.82) is 0 Å². The molecule has 0 bridgehead atoms. The van der Waals surface area contributed by atoms with Crippen molar-refractivity contribution in [3.8, 4) is 0 Å². The molecule has 6 heteroatoms. The van der Waals surface area contributed by atoms with Crippen LogP contribution in [0.5, 0.6) is 0 Å². The minimum Gasteiger partial charge on any atom is -1.00 e. The van der Waals surface area contributed by atoms with Gasteiger partial charge in [-0.05, 0) is 27.2 Å². The first-order chi connectivity index (χ1) is 8.06. The van der Waals surface area contributed by atoms with Crippen LogP contribution >= 0.6 is 0 Å². The van der Waals surface area contributed by atoms with Crippen molar-refractivity contribution >= 4 is 8.80 Å². The molecule has 0 aromatic heterocycles. The van der Waals surface area contributed by atoms with E-state index < -0.39 is 8.80 Å². The Kier molecular flexibility index (Phi) is 12.9. The third-order valence-corrected chi connectivity index (χ3v) is 6.37. The van der Waals surface area contributed by atoms with Crippen LogP contribution in [0.15, 0.2) is 0 Å². The second-order valence-electron chi connectivity index (χ2n) is 4.42. The number of hydrogen-bond donors (Lipinski definition) is 1. The average Bonchev–Trinajstić information content (AvgIpc) is 2.26. The fourth-order valence-corrected chi connectivity index (χ4v) is 5.42. The summed E-state index contributed by atoms with van der Waals surface area (Å²) in [7, 11) is 1.81. The van der Waals surface area contributed by atoms with Crippen molar-refractivity contribution in [2.75, 3.05) is 40.5 Å². The van der Waals surface area contributed by atoms with Crippen LogP contribution in [0.4, 0.5) is 0 Å². The van der Waals surface area contributed by atoms with Gasteiger partial charge in [0.25, 0.3) is 0 Å². The smallest absolute Gasteiger partial charge is 0.510 e. The number of nitrogens with one attached hydrogen (secondary N) is 1. The summed E-state index contributed by atoms with van der Waals surface area (Å²) < 4.78 is 17.8. The molecular formula is C12H30ClNO3Si. The monoisotopic (exact) mass is 299 g/mol.